The third kappa shape index (κ3) is 2.95. The molecule has 5 heteroatoms. The summed E-state index contributed by atoms with van der Waals surface area (Å²) in [6, 6.07) is 3.30. The third-order valence-corrected chi connectivity index (χ3v) is 3.46. The zero-order valence-electron chi connectivity index (χ0n) is 11.2. The Morgan fingerprint density at radius 3 is 2.37 bits per heavy atom. The van der Waals surface area contributed by atoms with Gasteiger partial charge < -0.3 is 14.6 Å². The first-order chi connectivity index (χ1) is 8.80. The SMILES string of the molecule is CC(C(=O)O)c1cc2c(cc1Cl)OCC(C)(C)CO2. The summed E-state index contributed by atoms with van der Waals surface area (Å²) in [5.74, 6) is -0.482. The Bertz CT molecular complexity index is 510. The predicted molar refractivity (Wildman–Crippen MR) is 72.3 cm³/mol. The highest BCUT2D eigenvalue weighted by Crippen LogP contribution is 2.39. The van der Waals surface area contributed by atoms with Gasteiger partial charge in [0.1, 0.15) is 0 Å². The summed E-state index contributed by atoms with van der Waals surface area (Å²) >= 11 is 6.13. The Morgan fingerprint density at radius 2 is 1.84 bits per heavy atom. The van der Waals surface area contributed by atoms with Crippen LogP contribution in [0.15, 0.2) is 12.1 Å². The van der Waals surface area contributed by atoms with Crippen molar-refractivity contribution in [3.05, 3.63) is 22.7 Å². The highest BCUT2D eigenvalue weighted by atomic mass is 35.5. The molecule has 1 aromatic carbocycles. The molecule has 0 amide bonds. The van der Waals surface area contributed by atoms with E-state index in [2.05, 4.69) is 0 Å². The fourth-order valence-electron chi connectivity index (χ4n) is 1.83. The Kier molecular flexibility index (Phi) is 3.63. The molecule has 0 bridgehead atoms. The van der Waals surface area contributed by atoms with Gasteiger partial charge in [-0.2, -0.15) is 0 Å². The van der Waals surface area contributed by atoms with Crippen molar-refractivity contribution in [1.29, 1.82) is 0 Å². The van der Waals surface area contributed by atoms with Crippen LogP contribution in [-0.2, 0) is 4.79 Å². The molecule has 1 aromatic rings. The van der Waals surface area contributed by atoms with Crippen molar-refractivity contribution in [3.8, 4) is 11.5 Å². The lowest BCUT2D eigenvalue weighted by atomic mass is 9.97. The predicted octanol–water partition coefficient (Wildman–Crippen LogP) is 3.33. The maximum Gasteiger partial charge on any atom is 0.310 e. The van der Waals surface area contributed by atoms with E-state index in [0.29, 0.717) is 35.3 Å². The van der Waals surface area contributed by atoms with Crippen LogP contribution in [0, 0.1) is 5.41 Å². The van der Waals surface area contributed by atoms with Crippen molar-refractivity contribution in [2.45, 2.75) is 26.7 Å². The number of benzene rings is 1. The van der Waals surface area contributed by atoms with Gasteiger partial charge in [-0.15, -0.1) is 0 Å². The van der Waals surface area contributed by atoms with Gasteiger partial charge in [-0.05, 0) is 18.6 Å². The molecule has 1 aliphatic heterocycles. The zero-order chi connectivity index (χ0) is 14.2. The van der Waals surface area contributed by atoms with E-state index in [1.165, 1.54) is 0 Å². The van der Waals surface area contributed by atoms with Crippen LogP contribution in [0.3, 0.4) is 0 Å². The van der Waals surface area contributed by atoms with Crippen molar-refractivity contribution in [3.63, 3.8) is 0 Å². The zero-order valence-corrected chi connectivity index (χ0v) is 12.0. The van der Waals surface area contributed by atoms with Gasteiger partial charge in [0.25, 0.3) is 0 Å². The molecule has 0 spiro atoms. The average Bonchev–Trinajstić information content (AvgIpc) is 2.47. The minimum atomic E-state index is -0.920. The summed E-state index contributed by atoms with van der Waals surface area (Å²) in [6.07, 6.45) is 0. The van der Waals surface area contributed by atoms with E-state index in [0.717, 1.165) is 0 Å². The van der Waals surface area contributed by atoms with Crippen LogP contribution < -0.4 is 9.47 Å². The van der Waals surface area contributed by atoms with E-state index in [-0.39, 0.29) is 5.41 Å². The molecule has 1 aliphatic rings. The Morgan fingerprint density at radius 1 is 1.32 bits per heavy atom. The minimum absolute atomic E-state index is 0.0932. The average molecular weight is 285 g/mol. The molecular formula is C14H17ClO4. The van der Waals surface area contributed by atoms with E-state index >= 15 is 0 Å². The molecule has 0 radical (unpaired) electrons. The molecule has 104 valence electrons. The van der Waals surface area contributed by atoms with Gasteiger partial charge in [-0.1, -0.05) is 25.4 Å². The second kappa shape index (κ2) is 4.93. The van der Waals surface area contributed by atoms with Gasteiger partial charge in [-0.3, -0.25) is 4.79 Å². The lowest BCUT2D eigenvalue weighted by Gasteiger charge is -2.19. The molecule has 0 aliphatic carbocycles. The number of carbonyl (C=O) groups is 1. The van der Waals surface area contributed by atoms with Crippen molar-refractivity contribution >= 4 is 17.6 Å². The van der Waals surface area contributed by atoms with Gasteiger partial charge >= 0.3 is 5.97 Å². The van der Waals surface area contributed by atoms with Crippen LogP contribution in [-0.4, -0.2) is 24.3 Å². The summed E-state index contributed by atoms with van der Waals surface area (Å²) < 4.78 is 11.4. The topological polar surface area (TPSA) is 55.8 Å². The van der Waals surface area contributed by atoms with Crippen LogP contribution >= 0.6 is 11.6 Å². The van der Waals surface area contributed by atoms with E-state index < -0.39 is 11.9 Å². The van der Waals surface area contributed by atoms with Crippen LogP contribution in [0.25, 0.3) is 0 Å². The molecule has 2 rings (SSSR count). The molecule has 0 saturated carbocycles. The fraction of sp³-hybridized carbons (Fsp3) is 0.500. The lowest BCUT2D eigenvalue weighted by Crippen LogP contribution is -2.26. The molecule has 0 fully saturated rings. The number of halogens is 1. The number of ether oxygens (including phenoxy) is 2. The van der Waals surface area contributed by atoms with Gasteiger partial charge in [0.2, 0.25) is 0 Å². The highest BCUT2D eigenvalue weighted by Gasteiger charge is 2.27. The largest absolute Gasteiger partial charge is 0.489 e. The monoisotopic (exact) mass is 284 g/mol. The van der Waals surface area contributed by atoms with E-state index in [4.69, 9.17) is 26.2 Å². The van der Waals surface area contributed by atoms with Crippen LogP contribution in [0.2, 0.25) is 5.02 Å². The maximum absolute atomic E-state index is 11.1. The van der Waals surface area contributed by atoms with E-state index in [9.17, 15) is 4.79 Å². The number of fused-ring (bicyclic) bond motifs is 1. The Hall–Kier alpha value is -1.42. The minimum Gasteiger partial charge on any atom is -0.489 e. The lowest BCUT2D eigenvalue weighted by molar-refractivity contribution is -0.138. The van der Waals surface area contributed by atoms with Gasteiger partial charge in [0, 0.05) is 16.5 Å². The highest BCUT2D eigenvalue weighted by molar-refractivity contribution is 6.31. The quantitative estimate of drug-likeness (QED) is 0.905. The normalized spacial score (nSPS) is 18.5. The third-order valence-electron chi connectivity index (χ3n) is 3.14. The Labute approximate surface area is 117 Å². The first-order valence-electron chi connectivity index (χ1n) is 6.12. The van der Waals surface area contributed by atoms with Crippen molar-refractivity contribution < 1.29 is 19.4 Å². The molecular weight excluding hydrogens is 268 g/mol. The number of rotatable bonds is 2. The molecule has 1 unspecified atom stereocenters. The number of hydrogen-bond donors (Lipinski definition) is 1. The summed E-state index contributed by atoms with van der Waals surface area (Å²) in [4.78, 5) is 11.1. The van der Waals surface area contributed by atoms with E-state index in [1.54, 1.807) is 19.1 Å². The smallest absolute Gasteiger partial charge is 0.310 e. The first kappa shape index (κ1) is 14.0. The molecule has 1 N–H and O–H groups in total. The van der Waals surface area contributed by atoms with Crippen molar-refractivity contribution in [2.75, 3.05) is 13.2 Å². The van der Waals surface area contributed by atoms with Gasteiger partial charge in [-0.25, -0.2) is 0 Å². The maximum atomic E-state index is 11.1. The van der Waals surface area contributed by atoms with Gasteiger partial charge in [0.15, 0.2) is 11.5 Å². The number of hydrogen-bond acceptors (Lipinski definition) is 3. The molecule has 0 aromatic heterocycles. The van der Waals surface area contributed by atoms with Crippen LogP contribution in [0.5, 0.6) is 11.5 Å². The van der Waals surface area contributed by atoms with E-state index in [1.807, 2.05) is 13.8 Å². The number of carboxylic acid groups (broad SMARTS) is 1. The second-order valence-electron chi connectivity index (χ2n) is 5.62. The summed E-state index contributed by atoms with van der Waals surface area (Å²) in [5, 5.41) is 9.46. The Balaban J connectivity index is 2.39. The second-order valence-corrected chi connectivity index (χ2v) is 6.03. The molecule has 0 saturated heterocycles. The molecule has 1 atom stereocenters. The van der Waals surface area contributed by atoms with Crippen LogP contribution in [0.4, 0.5) is 0 Å². The fourth-order valence-corrected chi connectivity index (χ4v) is 2.15. The van der Waals surface area contributed by atoms with Crippen molar-refractivity contribution in [1.82, 2.24) is 0 Å². The number of carboxylic acids is 1. The van der Waals surface area contributed by atoms with Crippen molar-refractivity contribution in [2.24, 2.45) is 5.41 Å². The first-order valence-corrected chi connectivity index (χ1v) is 6.50. The molecule has 19 heavy (non-hydrogen) atoms. The molecule has 4 nitrogen and oxygen atoms in total. The summed E-state index contributed by atoms with van der Waals surface area (Å²) in [6.45, 7) is 6.73. The standard InChI is InChI=1S/C14H17ClO4/c1-8(13(16)17)9-4-11-12(5-10(9)15)19-7-14(2,3)6-18-11/h4-5,8H,6-7H2,1-3H3,(H,16,17). The van der Waals surface area contributed by atoms with Crippen LogP contribution in [0.1, 0.15) is 32.3 Å². The summed E-state index contributed by atoms with van der Waals surface area (Å²) in [5.41, 5.74) is 0.445. The molecule has 1 heterocycles. The number of aliphatic carboxylic acids is 1. The van der Waals surface area contributed by atoms with Gasteiger partial charge in [0.05, 0.1) is 19.1 Å². The summed E-state index contributed by atoms with van der Waals surface area (Å²) in [7, 11) is 0.